The Balaban J connectivity index is 1.44. The van der Waals surface area contributed by atoms with Crippen LogP contribution >= 0.6 is 0 Å². The molecule has 0 aromatic heterocycles. The summed E-state index contributed by atoms with van der Waals surface area (Å²) in [5.74, 6) is -0.0520. The van der Waals surface area contributed by atoms with Crippen LogP contribution in [0, 0.1) is 10.1 Å². The van der Waals surface area contributed by atoms with E-state index in [-0.39, 0.29) is 11.6 Å². The van der Waals surface area contributed by atoms with Crippen molar-refractivity contribution < 1.29 is 9.72 Å². The minimum absolute atomic E-state index is 0.00443. The largest absolute Gasteiger partial charge is 0.336 e. The Morgan fingerprint density at radius 1 is 0.962 bits per heavy atom. The van der Waals surface area contributed by atoms with Crippen molar-refractivity contribution in [2.45, 2.75) is 12.8 Å². The predicted molar refractivity (Wildman–Crippen MR) is 100 cm³/mol. The second-order valence-corrected chi connectivity index (χ2v) is 6.53. The van der Waals surface area contributed by atoms with Gasteiger partial charge in [0.1, 0.15) is 0 Å². The maximum Gasteiger partial charge on any atom is 0.269 e. The summed E-state index contributed by atoms with van der Waals surface area (Å²) in [5, 5.41) is 10.7. The topological polar surface area (TPSA) is 66.7 Å². The highest BCUT2D eigenvalue weighted by Crippen LogP contribution is 2.15. The molecule has 0 aliphatic carbocycles. The molecule has 1 heterocycles. The lowest BCUT2D eigenvalue weighted by Gasteiger charge is -2.34. The molecule has 0 bridgehead atoms. The summed E-state index contributed by atoms with van der Waals surface area (Å²) in [6, 6.07) is 16.3. The second-order valence-electron chi connectivity index (χ2n) is 6.53. The number of benzene rings is 2. The molecule has 0 radical (unpaired) electrons. The zero-order valence-corrected chi connectivity index (χ0v) is 14.7. The Kier molecular flexibility index (Phi) is 5.96. The van der Waals surface area contributed by atoms with Crippen molar-refractivity contribution in [2.75, 3.05) is 32.7 Å². The average molecular weight is 353 g/mol. The normalized spacial score (nSPS) is 15.0. The molecule has 2 aromatic rings. The van der Waals surface area contributed by atoms with Gasteiger partial charge in [-0.05, 0) is 37.1 Å². The van der Waals surface area contributed by atoms with Gasteiger partial charge in [0.25, 0.3) is 11.6 Å². The maximum absolute atomic E-state index is 12.5. The first kappa shape index (κ1) is 18.1. The third-order valence-electron chi connectivity index (χ3n) is 4.77. The van der Waals surface area contributed by atoms with Crippen LogP contribution < -0.4 is 0 Å². The van der Waals surface area contributed by atoms with E-state index >= 15 is 0 Å². The zero-order chi connectivity index (χ0) is 18.4. The van der Waals surface area contributed by atoms with Gasteiger partial charge in [0.05, 0.1) is 4.92 Å². The number of hydrogen-bond acceptors (Lipinski definition) is 4. The van der Waals surface area contributed by atoms with E-state index in [4.69, 9.17) is 0 Å². The van der Waals surface area contributed by atoms with Crippen molar-refractivity contribution in [1.29, 1.82) is 0 Å². The van der Waals surface area contributed by atoms with Crippen molar-refractivity contribution in [3.63, 3.8) is 0 Å². The van der Waals surface area contributed by atoms with E-state index in [1.165, 1.54) is 29.8 Å². The minimum atomic E-state index is -0.456. The molecule has 0 atom stereocenters. The third-order valence-corrected chi connectivity index (χ3v) is 4.77. The van der Waals surface area contributed by atoms with Gasteiger partial charge < -0.3 is 4.90 Å². The van der Waals surface area contributed by atoms with Crippen LogP contribution in [0.2, 0.25) is 0 Å². The molecule has 0 spiro atoms. The highest BCUT2D eigenvalue weighted by Gasteiger charge is 2.22. The lowest BCUT2D eigenvalue weighted by atomic mass is 10.1. The number of carbonyl (C=O) groups excluding carboxylic acids is 1. The molecule has 1 saturated heterocycles. The van der Waals surface area contributed by atoms with Crippen LogP contribution in [-0.2, 0) is 6.42 Å². The number of rotatable bonds is 6. The minimum Gasteiger partial charge on any atom is -0.336 e. The molecule has 0 N–H and O–H groups in total. The molecule has 1 aliphatic rings. The molecule has 6 nitrogen and oxygen atoms in total. The van der Waals surface area contributed by atoms with Crippen LogP contribution in [0.3, 0.4) is 0 Å². The monoisotopic (exact) mass is 353 g/mol. The average Bonchev–Trinajstić information content (AvgIpc) is 2.69. The molecule has 26 heavy (non-hydrogen) atoms. The lowest BCUT2D eigenvalue weighted by Crippen LogP contribution is -2.48. The van der Waals surface area contributed by atoms with Gasteiger partial charge in [0.15, 0.2) is 0 Å². The van der Waals surface area contributed by atoms with Gasteiger partial charge in [-0.25, -0.2) is 0 Å². The molecular formula is C20H23N3O3. The summed E-state index contributed by atoms with van der Waals surface area (Å²) >= 11 is 0. The lowest BCUT2D eigenvalue weighted by molar-refractivity contribution is -0.384. The Hall–Kier alpha value is -2.73. The van der Waals surface area contributed by atoms with Gasteiger partial charge in [-0.3, -0.25) is 19.8 Å². The predicted octanol–water partition coefficient (Wildman–Crippen LogP) is 2.99. The fourth-order valence-electron chi connectivity index (χ4n) is 3.23. The number of carbonyl (C=O) groups is 1. The molecule has 1 aliphatic heterocycles. The molecule has 0 unspecified atom stereocenters. The van der Waals surface area contributed by atoms with Crippen molar-refractivity contribution in [3.05, 3.63) is 75.8 Å². The van der Waals surface area contributed by atoms with Crippen LogP contribution in [0.4, 0.5) is 5.69 Å². The summed E-state index contributed by atoms with van der Waals surface area (Å²) in [6.45, 7) is 4.16. The summed E-state index contributed by atoms with van der Waals surface area (Å²) in [6.07, 6.45) is 2.18. The number of nitro groups is 1. The van der Waals surface area contributed by atoms with E-state index < -0.39 is 4.92 Å². The fourth-order valence-corrected chi connectivity index (χ4v) is 3.23. The van der Waals surface area contributed by atoms with E-state index in [9.17, 15) is 14.9 Å². The zero-order valence-electron chi connectivity index (χ0n) is 14.7. The number of nitro benzene ring substituents is 1. The van der Waals surface area contributed by atoms with Gasteiger partial charge >= 0.3 is 0 Å². The number of nitrogens with zero attached hydrogens (tertiary/aromatic N) is 3. The Bertz CT molecular complexity index is 739. The number of non-ortho nitro benzene ring substituents is 1. The van der Waals surface area contributed by atoms with E-state index in [1.807, 2.05) is 11.0 Å². The third kappa shape index (κ3) is 4.67. The van der Waals surface area contributed by atoms with E-state index in [0.29, 0.717) is 18.7 Å². The molecule has 6 heteroatoms. The van der Waals surface area contributed by atoms with Gasteiger partial charge in [-0.1, -0.05) is 30.3 Å². The molecule has 1 amide bonds. The van der Waals surface area contributed by atoms with Crippen molar-refractivity contribution >= 4 is 11.6 Å². The van der Waals surface area contributed by atoms with Crippen molar-refractivity contribution in [2.24, 2.45) is 0 Å². The van der Waals surface area contributed by atoms with Crippen LogP contribution in [-0.4, -0.2) is 53.4 Å². The Labute approximate surface area is 153 Å². The first-order chi connectivity index (χ1) is 12.6. The molecular weight excluding hydrogens is 330 g/mol. The van der Waals surface area contributed by atoms with Crippen LogP contribution in [0.1, 0.15) is 22.3 Å². The van der Waals surface area contributed by atoms with Crippen LogP contribution in [0.25, 0.3) is 0 Å². The standard InChI is InChI=1S/C20H23N3O3/c24-20(18-8-10-19(11-9-18)23(25)26)22-15-13-21(14-16-22)12-4-7-17-5-2-1-3-6-17/h1-3,5-6,8-11H,4,7,12-16H2. The molecule has 0 saturated carbocycles. The second kappa shape index (κ2) is 8.58. The highest BCUT2D eigenvalue weighted by molar-refractivity contribution is 5.94. The quantitative estimate of drug-likeness (QED) is 0.591. The van der Waals surface area contributed by atoms with Crippen molar-refractivity contribution in [1.82, 2.24) is 9.80 Å². The highest BCUT2D eigenvalue weighted by atomic mass is 16.6. The van der Waals surface area contributed by atoms with E-state index in [1.54, 1.807) is 0 Å². The Morgan fingerprint density at radius 3 is 2.23 bits per heavy atom. The number of piperazine rings is 1. The molecule has 1 fully saturated rings. The maximum atomic E-state index is 12.5. The SMILES string of the molecule is O=C(c1ccc([N+](=O)[O-])cc1)N1CCN(CCCc2ccccc2)CC1. The fraction of sp³-hybridized carbons (Fsp3) is 0.350. The summed E-state index contributed by atoms with van der Waals surface area (Å²) < 4.78 is 0. The first-order valence-electron chi connectivity index (χ1n) is 8.93. The molecule has 3 rings (SSSR count). The van der Waals surface area contributed by atoms with Gasteiger partial charge in [0.2, 0.25) is 0 Å². The van der Waals surface area contributed by atoms with Gasteiger partial charge in [0, 0.05) is 43.9 Å². The molecule has 2 aromatic carbocycles. The van der Waals surface area contributed by atoms with E-state index in [2.05, 4.69) is 29.2 Å². The smallest absolute Gasteiger partial charge is 0.269 e. The summed E-state index contributed by atoms with van der Waals surface area (Å²) in [7, 11) is 0. The Morgan fingerprint density at radius 2 is 1.62 bits per heavy atom. The van der Waals surface area contributed by atoms with Crippen molar-refractivity contribution in [3.8, 4) is 0 Å². The molecule has 136 valence electrons. The summed E-state index contributed by atoms with van der Waals surface area (Å²) in [4.78, 5) is 27.0. The van der Waals surface area contributed by atoms with Gasteiger partial charge in [-0.15, -0.1) is 0 Å². The summed E-state index contributed by atoms with van der Waals surface area (Å²) in [5.41, 5.74) is 1.87. The van der Waals surface area contributed by atoms with E-state index in [0.717, 1.165) is 32.5 Å². The number of aryl methyl sites for hydroxylation is 1. The van der Waals surface area contributed by atoms with Crippen LogP contribution in [0.15, 0.2) is 54.6 Å². The van der Waals surface area contributed by atoms with Crippen LogP contribution in [0.5, 0.6) is 0 Å². The first-order valence-corrected chi connectivity index (χ1v) is 8.93. The van der Waals surface area contributed by atoms with Gasteiger partial charge in [-0.2, -0.15) is 0 Å². The number of hydrogen-bond donors (Lipinski definition) is 0. The number of amides is 1.